The fourth-order valence-electron chi connectivity index (χ4n) is 8.80. The molecule has 3 heteroatoms. The van der Waals surface area contributed by atoms with Gasteiger partial charge in [0.15, 0.2) is 0 Å². The Hall–Kier alpha value is 0.423. The molecule has 166 valence electrons. The van der Waals surface area contributed by atoms with E-state index in [2.05, 4.69) is 52.0 Å². The van der Waals surface area contributed by atoms with Gasteiger partial charge in [0.05, 0.1) is 0 Å². The van der Waals surface area contributed by atoms with Crippen molar-refractivity contribution in [2.45, 2.75) is 88.1 Å². The van der Waals surface area contributed by atoms with Gasteiger partial charge in [0.2, 0.25) is 0 Å². The van der Waals surface area contributed by atoms with E-state index >= 15 is 0 Å². The summed E-state index contributed by atoms with van der Waals surface area (Å²) in [5, 5.41) is 0. The van der Waals surface area contributed by atoms with Crippen LogP contribution in [0.3, 0.4) is 0 Å². The van der Waals surface area contributed by atoms with Crippen LogP contribution in [0, 0.1) is 23.7 Å². The number of hydrogen-bond acceptors (Lipinski definition) is 0. The fourth-order valence-corrected chi connectivity index (χ4v) is 28.5. The first-order valence-corrected chi connectivity index (χ1v) is 18.5. The summed E-state index contributed by atoms with van der Waals surface area (Å²) in [6.45, 7) is 9.83. The maximum Gasteiger partial charge on any atom is -1.00 e. The number of fused-ring (bicyclic) bond motifs is 2. The van der Waals surface area contributed by atoms with Crippen LogP contribution in [0.4, 0.5) is 0 Å². The van der Waals surface area contributed by atoms with Crippen molar-refractivity contribution in [3.05, 3.63) is 46.6 Å². The minimum absolute atomic E-state index is 0. The third-order valence-corrected chi connectivity index (χ3v) is 26.8. The first-order chi connectivity index (χ1) is 13.5. The second-order valence-electron chi connectivity index (χ2n) is 11.1. The molecule has 0 nitrogen and oxygen atoms in total. The molecule has 0 spiro atoms. The fraction of sp³-hybridized carbons (Fsp3) is 0.704. The standard InChI is InChI=1S/2C11H15.C5H10.2ClH.Zr/c2*1-8-6-7-9(2)11-5-3-4-10(8)11;1-3-5-4-2;;;/h2*4,6-7,10-11H,3,5H2,1-2H3;1-5H2;2*1H;/q;;;;;+2/p-2. The minimum atomic E-state index is -2.29. The minimum Gasteiger partial charge on any atom is -1.00 e. The molecule has 5 rings (SSSR count). The van der Waals surface area contributed by atoms with E-state index in [-0.39, 0.29) is 24.8 Å². The number of hydrogen-bond donors (Lipinski definition) is 0. The van der Waals surface area contributed by atoms with Crippen LogP contribution in [0.1, 0.15) is 72.6 Å². The van der Waals surface area contributed by atoms with Crippen molar-refractivity contribution in [2.75, 3.05) is 0 Å². The van der Waals surface area contributed by atoms with Crippen LogP contribution >= 0.6 is 0 Å². The molecule has 1 saturated heterocycles. The van der Waals surface area contributed by atoms with Crippen LogP contribution in [0.25, 0.3) is 0 Å². The van der Waals surface area contributed by atoms with Crippen molar-refractivity contribution in [3.63, 3.8) is 0 Å². The van der Waals surface area contributed by atoms with E-state index in [1.807, 2.05) is 0 Å². The zero-order valence-corrected chi connectivity index (χ0v) is 23.4. The maximum absolute atomic E-state index is 2.51. The van der Waals surface area contributed by atoms with Crippen molar-refractivity contribution in [2.24, 2.45) is 23.7 Å². The molecule has 30 heavy (non-hydrogen) atoms. The van der Waals surface area contributed by atoms with E-state index in [0.717, 1.165) is 30.9 Å². The van der Waals surface area contributed by atoms with Gasteiger partial charge in [0.25, 0.3) is 0 Å². The summed E-state index contributed by atoms with van der Waals surface area (Å²) in [5.74, 6) is 3.66. The van der Waals surface area contributed by atoms with Crippen LogP contribution in [-0.4, -0.2) is 0 Å². The molecule has 4 aliphatic carbocycles. The van der Waals surface area contributed by atoms with E-state index in [1.54, 1.807) is 56.2 Å². The van der Waals surface area contributed by atoms with Crippen molar-refractivity contribution >= 4 is 0 Å². The largest absolute Gasteiger partial charge is 1.00 e. The molecule has 0 bridgehead atoms. The summed E-state index contributed by atoms with van der Waals surface area (Å²) in [7, 11) is 0. The summed E-state index contributed by atoms with van der Waals surface area (Å²) in [6.07, 6.45) is 20.8. The Labute approximate surface area is 202 Å². The van der Waals surface area contributed by atoms with E-state index in [0.29, 0.717) is 0 Å². The summed E-state index contributed by atoms with van der Waals surface area (Å²) in [4.78, 5) is 0. The summed E-state index contributed by atoms with van der Waals surface area (Å²) < 4.78 is 5.73. The molecule has 6 unspecified atom stereocenters. The van der Waals surface area contributed by atoms with Crippen molar-refractivity contribution in [1.82, 2.24) is 0 Å². The molecular weight excluding hydrogens is 486 g/mol. The zero-order valence-electron chi connectivity index (χ0n) is 19.4. The predicted molar refractivity (Wildman–Crippen MR) is 118 cm³/mol. The molecule has 5 aliphatic rings. The van der Waals surface area contributed by atoms with E-state index < -0.39 is 20.3 Å². The Morgan fingerprint density at radius 2 is 0.967 bits per heavy atom. The second kappa shape index (κ2) is 9.73. The van der Waals surface area contributed by atoms with Crippen LogP contribution in [0.15, 0.2) is 46.6 Å². The molecule has 0 aromatic heterocycles. The van der Waals surface area contributed by atoms with Crippen LogP contribution in [0.5, 0.6) is 0 Å². The molecule has 0 N–H and O–H groups in total. The van der Waals surface area contributed by atoms with Gasteiger partial charge in [0.1, 0.15) is 0 Å². The van der Waals surface area contributed by atoms with Crippen molar-refractivity contribution in [1.29, 1.82) is 0 Å². The van der Waals surface area contributed by atoms with E-state index in [1.165, 1.54) is 19.3 Å². The Balaban J connectivity index is 0.00000128. The summed E-state index contributed by atoms with van der Waals surface area (Å²) in [5.41, 5.74) is 6.90. The van der Waals surface area contributed by atoms with Gasteiger partial charge in [-0.15, -0.1) is 0 Å². The normalized spacial score (nSPS) is 38.3. The second-order valence-corrected chi connectivity index (χ2v) is 23.2. The van der Waals surface area contributed by atoms with E-state index in [4.69, 9.17) is 0 Å². The summed E-state index contributed by atoms with van der Waals surface area (Å²) >= 11 is -2.29. The van der Waals surface area contributed by atoms with Gasteiger partial charge < -0.3 is 24.8 Å². The van der Waals surface area contributed by atoms with Gasteiger partial charge >= 0.3 is 179 Å². The Morgan fingerprint density at radius 3 is 1.40 bits per heavy atom. The average molecular weight is 527 g/mol. The third kappa shape index (κ3) is 3.86. The van der Waals surface area contributed by atoms with Crippen molar-refractivity contribution < 1.29 is 45.1 Å². The quantitative estimate of drug-likeness (QED) is 0.519. The maximum atomic E-state index is 2.51. The first kappa shape index (κ1) is 25.1. The number of halogens is 2. The Kier molecular flexibility index (Phi) is 8.13. The van der Waals surface area contributed by atoms with Gasteiger partial charge in [-0.05, 0) is 0 Å². The van der Waals surface area contributed by atoms with Gasteiger partial charge in [-0.1, -0.05) is 0 Å². The SMILES string of the molecule is CC1=CC=C(C)C2C1CC[CH]2[Zr+2]1([CH]2CCC3C(C)=CC=C(C)C32)[CH2]CCC[CH2]1.[Cl-].[Cl-]. The van der Waals surface area contributed by atoms with Crippen LogP contribution in [0.2, 0.25) is 15.5 Å². The van der Waals surface area contributed by atoms with Gasteiger partial charge in [-0.25, -0.2) is 0 Å². The number of rotatable bonds is 2. The van der Waals surface area contributed by atoms with Gasteiger partial charge in [-0.2, -0.15) is 0 Å². The number of allylic oxidation sites excluding steroid dienone is 8. The third-order valence-electron chi connectivity index (χ3n) is 10.0. The van der Waals surface area contributed by atoms with Crippen LogP contribution < -0.4 is 24.8 Å². The zero-order chi connectivity index (χ0) is 19.5. The first-order valence-electron chi connectivity index (χ1n) is 12.2. The smallest absolute Gasteiger partial charge is 1.00 e. The molecule has 0 amide bonds. The molecule has 0 aromatic carbocycles. The molecule has 0 radical (unpaired) electrons. The Bertz CT molecular complexity index is 710. The van der Waals surface area contributed by atoms with Crippen molar-refractivity contribution in [3.8, 4) is 0 Å². The molecule has 1 heterocycles. The molecule has 1 aliphatic heterocycles. The van der Waals surface area contributed by atoms with Crippen LogP contribution in [-0.2, 0) is 20.3 Å². The summed E-state index contributed by atoms with van der Waals surface area (Å²) in [6, 6.07) is 0. The average Bonchev–Trinajstić information content (AvgIpc) is 3.35. The monoisotopic (exact) mass is 524 g/mol. The molecule has 0 aromatic rings. The van der Waals surface area contributed by atoms with Gasteiger partial charge in [0, 0.05) is 0 Å². The van der Waals surface area contributed by atoms with Gasteiger partial charge in [-0.3, -0.25) is 0 Å². The topological polar surface area (TPSA) is 0 Å². The molecule has 6 atom stereocenters. The predicted octanol–water partition coefficient (Wildman–Crippen LogP) is 2.61. The van der Waals surface area contributed by atoms with E-state index in [9.17, 15) is 0 Å². The Morgan fingerprint density at radius 1 is 0.567 bits per heavy atom. The molecule has 3 fully saturated rings. The molecular formula is C27H40Cl2Zr. The molecule has 2 saturated carbocycles.